The van der Waals surface area contributed by atoms with E-state index in [9.17, 15) is 4.79 Å². The van der Waals surface area contributed by atoms with Crippen LogP contribution in [-0.4, -0.2) is 29.6 Å². The fraction of sp³-hybridized carbons (Fsp3) is 0.667. The minimum absolute atomic E-state index is 0. The molecule has 0 spiro atoms. The Labute approximate surface area is 114 Å². The molecule has 1 atom stereocenters. The van der Waals surface area contributed by atoms with E-state index in [1.54, 1.807) is 0 Å². The molecule has 0 fully saturated rings. The second-order valence-corrected chi connectivity index (χ2v) is 2.43. The smallest absolute Gasteiger partial charge is 1.00 e. The first kappa shape index (κ1) is 24.2. The van der Waals surface area contributed by atoms with E-state index in [1.165, 1.54) is 0 Å². The molecule has 0 aliphatic rings. The number of hydrogen-bond acceptors (Lipinski definition) is 3. The van der Waals surface area contributed by atoms with E-state index in [-0.39, 0.29) is 50.3 Å². The zero-order valence-electron chi connectivity index (χ0n) is 8.17. The van der Waals surface area contributed by atoms with Gasteiger partial charge in [0.25, 0.3) is 0 Å². The monoisotopic (exact) mass is 308 g/mol. The van der Waals surface area contributed by atoms with Crippen LogP contribution in [0.5, 0.6) is 0 Å². The quantitative estimate of drug-likeness (QED) is 0.149. The minimum atomic E-state index is -1.00. The molecule has 0 amide bonds. The molecule has 0 saturated heterocycles. The number of halogens is 2. The Kier molecular flexibility index (Phi) is 22.5. The second kappa shape index (κ2) is 13.9. The molecular weight excluding hydrogens is 296 g/mol. The Morgan fingerprint density at radius 1 is 1.47 bits per heavy atom. The topological polar surface area (TPSA) is 125 Å². The maximum atomic E-state index is 10.2. The molecular formula is C6H14Cl2N4O2Zn. The largest absolute Gasteiger partial charge is 2.00 e. The van der Waals surface area contributed by atoms with E-state index >= 15 is 0 Å². The second-order valence-electron chi connectivity index (χ2n) is 2.43. The minimum Gasteiger partial charge on any atom is -1.00 e. The molecule has 0 aliphatic carbocycles. The standard InChI is InChI=1S/C6H14N4O2.2ClH.Zn/c7-4(5(11)12)2-1-3-10-6(8)9;;;/h4H,1-3,7H2,(H,11,12)(H4,8,9,10);2*1H;/q;;;+2/p-2. The third-order valence-electron chi connectivity index (χ3n) is 1.32. The van der Waals surface area contributed by atoms with Crippen LogP contribution in [0.1, 0.15) is 12.8 Å². The number of carbonyl (C=O) groups is 1. The van der Waals surface area contributed by atoms with E-state index in [0.29, 0.717) is 19.4 Å². The molecule has 0 aliphatic heterocycles. The summed E-state index contributed by atoms with van der Waals surface area (Å²) < 4.78 is 0. The van der Waals surface area contributed by atoms with Gasteiger partial charge in [0.2, 0.25) is 0 Å². The Morgan fingerprint density at radius 2 is 1.93 bits per heavy atom. The maximum absolute atomic E-state index is 10.2. The number of aliphatic carboxylic acids is 1. The Morgan fingerprint density at radius 3 is 2.27 bits per heavy atom. The number of nitrogens with one attached hydrogen (secondary N) is 2. The molecule has 0 heterocycles. The molecule has 0 rings (SSSR count). The van der Waals surface area contributed by atoms with Gasteiger partial charge in [-0.15, -0.1) is 0 Å². The van der Waals surface area contributed by atoms with E-state index < -0.39 is 12.0 Å². The summed E-state index contributed by atoms with van der Waals surface area (Å²) in [5, 5.41) is 17.7. The number of hydrogen-bond donors (Lipinski definition) is 5. The number of nitrogens with two attached hydrogens (primary N) is 2. The molecule has 6 nitrogen and oxygen atoms in total. The van der Waals surface area contributed by atoms with Gasteiger partial charge in [-0.3, -0.25) is 10.2 Å². The van der Waals surface area contributed by atoms with E-state index in [2.05, 4.69) is 5.32 Å². The zero-order valence-corrected chi connectivity index (χ0v) is 12.7. The third-order valence-corrected chi connectivity index (χ3v) is 1.32. The van der Waals surface area contributed by atoms with Crippen molar-refractivity contribution in [3.05, 3.63) is 0 Å². The van der Waals surface area contributed by atoms with Crippen molar-refractivity contribution >= 4 is 11.9 Å². The molecule has 0 aromatic heterocycles. The van der Waals surface area contributed by atoms with E-state index in [0.717, 1.165) is 0 Å². The van der Waals surface area contributed by atoms with Gasteiger partial charge in [-0.1, -0.05) is 0 Å². The van der Waals surface area contributed by atoms with Crippen LogP contribution < -0.4 is 41.6 Å². The summed E-state index contributed by atoms with van der Waals surface area (Å²) in [6.45, 7) is 0.482. The summed E-state index contributed by atoms with van der Waals surface area (Å²) in [4.78, 5) is 10.2. The number of carboxylic acid groups (broad SMARTS) is 1. The van der Waals surface area contributed by atoms with Crippen molar-refractivity contribution in [2.24, 2.45) is 11.5 Å². The molecule has 0 aromatic rings. The summed E-state index contributed by atoms with van der Waals surface area (Å²) in [7, 11) is 0. The molecule has 15 heavy (non-hydrogen) atoms. The Bertz CT molecular complexity index is 185. The summed E-state index contributed by atoms with van der Waals surface area (Å²) in [6, 6.07) is -0.821. The predicted octanol–water partition coefficient (Wildman–Crippen LogP) is -7.33. The number of guanidine groups is 1. The van der Waals surface area contributed by atoms with Gasteiger partial charge >= 0.3 is 25.4 Å². The average Bonchev–Trinajstić information content (AvgIpc) is 1.97. The van der Waals surface area contributed by atoms with Gasteiger partial charge in [-0.2, -0.15) is 0 Å². The molecule has 0 radical (unpaired) electrons. The number of rotatable bonds is 5. The zero-order chi connectivity index (χ0) is 9.56. The van der Waals surface area contributed by atoms with Gasteiger partial charge in [0.1, 0.15) is 6.04 Å². The maximum Gasteiger partial charge on any atom is 2.00 e. The predicted molar refractivity (Wildman–Crippen MR) is 44.8 cm³/mol. The van der Waals surface area contributed by atoms with Crippen molar-refractivity contribution in [1.82, 2.24) is 5.32 Å². The van der Waals surface area contributed by atoms with Crippen LogP contribution >= 0.6 is 0 Å². The first-order valence-electron chi connectivity index (χ1n) is 3.60. The molecule has 0 aromatic carbocycles. The molecule has 9 heteroatoms. The van der Waals surface area contributed by atoms with Crippen molar-refractivity contribution in [2.75, 3.05) is 6.54 Å². The van der Waals surface area contributed by atoms with Crippen LogP contribution in [0.15, 0.2) is 0 Å². The molecule has 1 unspecified atom stereocenters. The number of carboxylic acids is 1. The first-order valence-corrected chi connectivity index (χ1v) is 3.60. The van der Waals surface area contributed by atoms with Crippen LogP contribution in [0.25, 0.3) is 0 Å². The third kappa shape index (κ3) is 16.6. The SMILES string of the molecule is N=C(N)NCCCC(N)C(=O)O.[Cl-].[Cl-].[Zn+2]. The van der Waals surface area contributed by atoms with Gasteiger partial charge in [0.15, 0.2) is 5.96 Å². The van der Waals surface area contributed by atoms with Gasteiger partial charge in [0, 0.05) is 6.54 Å². The van der Waals surface area contributed by atoms with Gasteiger partial charge in [0.05, 0.1) is 0 Å². The van der Waals surface area contributed by atoms with E-state index in [1.807, 2.05) is 0 Å². The molecule has 0 saturated carbocycles. The van der Waals surface area contributed by atoms with Crippen LogP contribution in [0, 0.1) is 5.41 Å². The van der Waals surface area contributed by atoms with Crippen molar-refractivity contribution < 1.29 is 54.2 Å². The van der Waals surface area contributed by atoms with Crippen LogP contribution in [0.4, 0.5) is 0 Å². The fourth-order valence-corrected chi connectivity index (χ4v) is 0.669. The summed E-state index contributed by atoms with van der Waals surface area (Å²) in [5.41, 5.74) is 10.2. The van der Waals surface area contributed by atoms with Crippen molar-refractivity contribution in [3.8, 4) is 0 Å². The van der Waals surface area contributed by atoms with E-state index in [4.69, 9.17) is 22.0 Å². The van der Waals surface area contributed by atoms with Crippen LogP contribution in [0.2, 0.25) is 0 Å². The summed E-state index contributed by atoms with van der Waals surface area (Å²) >= 11 is 0. The van der Waals surface area contributed by atoms with Crippen molar-refractivity contribution in [1.29, 1.82) is 5.41 Å². The molecule has 7 N–H and O–H groups in total. The fourth-order valence-electron chi connectivity index (χ4n) is 0.669. The first-order chi connectivity index (χ1) is 5.54. The molecule has 0 bridgehead atoms. The summed E-state index contributed by atoms with van der Waals surface area (Å²) in [6.07, 6.45) is 0.975. The van der Waals surface area contributed by atoms with Crippen LogP contribution in [-0.2, 0) is 24.3 Å². The Balaban J connectivity index is -0.000000202. The summed E-state index contributed by atoms with van der Waals surface area (Å²) in [5.74, 6) is -1.11. The molecule has 86 valence electrons. The van der Waals surface area contributed by atoms with Crippen molar-refractivity contribution in [2.45, 2.75) is 18.9 Å². The normalized spacial score (nSPS) is 9.67. The average molecular weight is 310 g/mol. The van der Waals surface area contributed by atoms with Gasteiger partial charge < -0.3 is 46.7 Å². The van der Waals surface area contributed by atoms with Crippen molar-refractivity contribution in [3.63, 3.8) is 0 Å². The van der Waals surface area contributed by atoms with Gasteiger partial charge in [-0.05, 0) is 12.8 Å². The Hall–Kier alpha value is -0.0966. The van der Waals surface area contributed by atoms with Crippen LogP contribution in [0.3, 0.4) is 0 Å². The van der Waals surface area contributed by atoms with Gasteiger partial charge in [-0.25, -0.2) is 0 Å².